The third kappa shape index (κ3) is 5.07. The van der Waals surface area contributed by atoms with Crippen LogP contribution < -0.4 is 10.6 Å². The number of carbonyl (C=O) groups is 1. The fourth-order valence-corrected chi connectivity index (χ4v) is 2.23. The molecule has 1 unspecified atom stereocenters. The number of hydrogen-bond acceptors (Lipinski definition) is 2. The van der Waals surface area contributed by atoms with Crippen molar-refractivity contribution in [2.75, 3.05) is 6.54 Å². The summed E-state index contributed by atoms with van der Waals surface area (Å²) in [6.45, 7) is 11.8. The van der Waals surface area contributed by atoms with E-state index in [4.69, 9.17) is 0 Å². The highest BCUT2D eigenvalue weighted by Crippen LogP contribution is 2.21. The molecule has 0 aliphatic carbocycles. The lowest BCUT2D eigenvalue weighted by molar-refractivity contribution is -0.122. The van der Waals surface area contributed by atoms with Crippen LogP contribution in [0.15, 0.2) is 18.5 Å². The van der Waals surface area contributed by atoms with E-state index in [-0.39, 0.29) is 11.9 Å². The molecule has 1 atom stereocenters. The Labute approximate surface area is 116 Å². The molecular formula is C15H27N3O. The predicted molar refractivity (Wildman–Crippen MR) is 79.0 cm³/mol. The molecule has 108 valence electrons. The Bertz CT molecular complexity index is 396. The lowest BCUT2D eigenvalue weighted by Crippen LogP contribution is -2.32. The van der Waals surface area contributed by atoms with Crippen LogP contribution in [-0.4, -0.2) is 23.1 Å². The van der Waals surface area contributed by atoms with Gasteiger partial charge in [0.25, 0.3) is 0 Å². The van der Waals surface area contributed by atoms with Crippen LogP contribution in [0.25, 0.3) is 0 Å². The Hall–Kier alpha value is -1.29. The molecule has 0 aromatic carbocycles. The zero-order valence-corrected chi connectivity index (χ0v) is 12.7. The Morgan fingerprint density at radius 2 is 2.00 bits per heavy atom. The first-order valence-corrected chi connectivity index (χ1v) is 7.12. The molecule has 0 fully saturated rings. The molecule has 0 radical (unpaired) electrons. The van der Waals surface area contributed by atoms with Crippen LogP contribution in [0, 0.1) is 5.92 Å². The zero-order chi connectivity index (χ0) is 14.4. The van der Waals surface area contributed by atoms with Crippen LogP contribution in [-0.2, 0) is 11.3 Å². The zero-order valence-electron chi connectivity index (χ0n) is 12.7. The second-order valence-corrected chi connectivity index (χ2v) is 5.62. The molecule has 4 nitrogen and oxygen atoms in total. The normalized spacial score (nSPS) is 13.0. The molecule has 4 heteroatoms. The van der Waals surface area contributed by atoms with E-state index in [0.717, 1.165) is 6.54 Å². The quantitative estimate of drug-likeness (QED) is 0.795. The van der Waals surface area contributed by atoms with Crippen molar-refractivity contribution in [2.24, 2.45) is 5.92 Å². The SMILES string of the molecule is CCNC(c1ccn(CC(=O)NC(C)C)c1)C(C)C. The number of nitrogens with zero attached hydrogens (tertiary/aromatic N) is 1. The van der Waals surface area contributed by atoms with Gasteiger partial charge in [-0.05, 0) is 37.9 Å². The molecule has 1 aromatic rings. The van der Waals surface area contributed by atoms with Gasteiger partial charge in [-0.15, -0.1) is 0 Å². The molecule has 0 saturated carbocycles. The van der Waals surface area contributed by atoms with Crippen LogP contribution in [0.3, 0.4) is 0 Å². The standard InChI is InChI=1S/C15H27N3O/c1-6-16-15(11(2)3)13-7-8-18(9-13)10-14(19)17-12(4)5/h7-9,11-12,15-16H,6,10H2,1-5H3,(H,17,19). The third-order valence-corrected chi connectivity index (χ3v) is 3.00. The summed E-state index contributed by atoms with van der Waals surface area (Å²) in [5.74, 6) is 0.585. The minimum Gasteiger partial charge on any atom is -0.352 e. The van der Waals surface area contributed by atoms with Crippen molar-refractivity contribution in [3.05, 3.63) is 24.0 Å². The Kier molecular flexibility index (Phi) is 6.09. The van der Waals surface area contributed by atoms with Crippen molar-refractivity contribution in [1.82, 2.24) is 15.2 Å². The van der Waals surface area contributed by atoms with Crippen molar-refractivity contribution in [1.29, 1.82) is 0 Å². The molecule has 1 amide bonds. The molecule has 1 rings (SSSR count). The predicted octanol–water partition coefficient (Wildman–Crippen LogP) is 2.32. The maximum Gasteiger partial charge on any atom is 0.240 e. The Morgan fingerprint density at radius 1 is 1.32 bits per heavy atom. The van der Waals surface area contributed by atoms with Gasteiger partial charge in [0.1, 0.15) is 6.54 Å². The fourth-order valence-electron chi connectivity index (χ4n) is 2.23. The number of hydrogen-bond donors (Lipinski definition) is 2. The Balaban J connectivity index is 2.67. The maximum atomic E-state index is 11.7. The summed E-state index contributed by atoms with van der Waals surface area (Å²) >= 11 is 0. The van der Waals surface area contributed by atoms with Crippen molar-refractivity contribution >= 4 is 5.91 Å². The van der Waals surface area contributed by atoms with E-state index in [2.05, 4.69) is 43.7 Å². The second kappa shape index (κ2) is 7.34. The number of nitrogens with one attached hydrogen (secondary N) is 2. The topological polar surface area (TPSA) is 46.1 Å². The lowest BCUT2D eigenvalue weighted by Gasteiger charge is -2.20. The van der Waals surface area contributed by atoms with Crippen LogP contribution in [0.1, 0.15) is 46.2 Å². The molecular weight excluding hydrogens is 238 g/mol. The van der Waals surface area contributed by atoms with Gasteiger partial charge in [-0.25, -0.2) is 0 Å². The van der Waals surface area contributed by atoms with Gasteiger partial charge in [0.05, 0.1) is 0 Å². The molecule has 0 bridgehead atoms. The van der Waals surface area contributed by atoms with Crippen molar-refractivity contribution in [2.45, 2.75) is 53.2 Å². The minimum atomic E-state index is 0.0571. The van der Waals surface area contributed by atoms with E-state index in [0.29, 0.717) is 18.5 Å². The van der Waals surface area contributed by atoms with Crippen LogP contribution in [0.2, 0.25) is 0 Å². The van der Waals surface area contributed by atoms with Gasteiger partial charge in [0, 0.05) is 24.5 Å². The molecule has 0 aliphatic heterocycles. The molecule has 1 aromatic heterocycles. The Morgan fingerprint density at radius 3 is 2.53 bits per heavy atom. The van der Waals surface area contributed by atoms with E-state index >= 15 is 0 Å². The van der Waals surface area contributed by atoms with Gasteiger partial charge in [0.2, 0.25) is 5.91 Å². The summed E-state index contributed by atoms with van der Waals surface area (Å²) in [4.78, 5) is 11.7. The number of rotatable bonds is 7. The summed E-state index contributed by atoms with van der Waals surface area (Å²) in [5, 5.41) is 6.39. The van der Waals surface area contributed by atoms with E-state index in [1.54, 1.807) is 0 Å². The summed E-state index contributed by atoms with van der Waals surface area (Å²) in [6, 6.07) is 2.63. The fraction of sp³-hybridized carbons (Fsp3) is 0.667. The van der Waals surface area contributed by atoms with Gasteiger partial charge in [-0.1, -0.05) is 20.8 Å². The van der Waals surface area contributed by atoms with Crippen molar-refractivity contribution < 1.29 is 4.79 Å². The van der Waals surface area contributed by atoms with Crippen LogP contribution in [0.4, 0.5) is 0 Å². The van der Waals surface area contributed by atoms with Crippen LogP contribution in [0.5, 0.6) is 0 Å². The van der Waals surface area contributed by atoms with Gasteiger partial charge in [-0.2, -0.15) is 0 Å². The van der Waals surface area contributed by atoms with E-state index in [1.807, 2.05) is 24.6 Å². The van der Waals surface area contributed by atoms with Gasteiger partial charge < -0.3 is 15.2 Å². The first-order chi connectivity index (χ1) is 8.93. The highest BCUT2D eigenvalue weighted by molar-refractivity contribution is 5.76. The first kappa shape index (κ1) is 15.8. The highest BCUT2D eigenvalue weighted by atomic mass is 16.2. The average molecular weight is 265 g/mol. The van der Waals surface area contributed by atoms with Gasteiger partial charge in [0.15, 0.2) is 0 Å². The minimum absolute atomic E-state index is 0.0571. The summed E-state index contributed by atoms with van der Waals surface area (Å²) in [6.07, 6.45) is 4.04. The summed E-state index contributed by atoms with van der Waals surface area (Å²) < 4.78 is 1.94. The lowest BCUT2D eigenvalue weighted by atomic mass is 9.98. The molecule has 0 saturated heterocycles. The smallest absolute Gasteiger partial charge is 0.240 e. The summed E-state index contributed by atoms with van der Waals surface area (Å²) in [5.41, 5.74) is 1.24. The maximum absolute atomic E-state index is 11.7. The van der Waals surface area contributed by atoms with Crippen LogP contribution >= 0.6 is 0 Å². The third-order valence-electron chi connectivity index (χ3n) is 3.00. The molecule has 19 heavy (non-hydrogen) atoms. The second-order valence-electron chi connectivity index (χ2n) is 5.62. The van der Waals surface area contributed by atoms with E-state index in [9.17, 15) is 4.79 Å². The van der Waals surface area contributed by atoms with Gasteiger partial charge in [-0.3, -0.25) is 4.79 Å². The van der Waals surface area contributed by atoms with E-state index < -0.39 is 0 Å². The first-order valence-electron chi connectivity index (χ1n) is 7.12. The molecule has 0 spiro atoms. The molecule has 1 heterocycles. The average Bonchev–Trinajstić information content (AvgIpc) is 2.72. The van der Waals surface area contributed by atoms with Gasteiger partial charge >= 0.3 is 0 Å². The largest absolute Gasteiger partial charge is 0.352 e. The number of amides is 1. The summed E-state index contributed by atoms with van der Waals surface area (Å²) in [7, 11) is 0. The molecule has 0 aliphatic rings. The molecule has 2 N–H and O–H groups in total. The van der Waals surface area contributed by atoms with E-state index in [1.165, 1.54) is 5.56 Å². The van der Waals surface area contributed by atoms with Crippen molar-refractivity contribution in [3.8, 4) is 0 Å². The monoisotopic (exact) mass is 265 g/mol. The highest BCUT2D eigenvalue weighted by Gasteiger charge is 2.16. The van der Waals surface area contributed by atoms with Crippen molar-refractivity contribution in [3.63, 3.8) is 0 Å². The number of carbonyl (C=O) groups excluding carboxylic acids is 1. The number of aromatic nitrogens is 1.